The molecule has 2 aromatic heterocycles. The smallest absolute Gasteiger partial charge is 0.250 e. The molecule has 2 fully saturated rings. The number of carbonyl (C=O) groups excluding carboxylic acids is 2. The molecule has 2 amide bonds. The van der Waals surface area contributed by atoms with Crippen LogP contribution in [-0.2, 0) is 20.0 Å². The van der Waals surface area contributed by atoms with E-state index in [1.54, 1.807) is 14.2 Å². The van der Waals surface area contributed by atoms with Crippen molar-refractivity contribution in [2.75, 3.05) is 27.3 Å². The van der Waals surface area contributed by atoms with E-state index in [-0.39, 0.29) is 11.9 Å². The minimum atomic E-state index is -0.735. The molecule has 8 rings (SSSR count). The number of likely N-dealkylation sites (tertiary alicyclic amines) is 1. The van der Waals surface area contributed by atoms with Crippen LogP contribution in [0.4, 0.5) is 0 Å². The van der Waals surface area contributed by atoms with Crippen molar-refractivity contribution >= 4 is 23.1 Å². The summed E-state index contributed by atoms with van der Waals surface area (Å²) in [4.78, 5) is 43.1. The number of rotatable bonds is 9. The number of ether oxygens (including phenoxy) is 1. The number of amides is 2. The average Bonchev–Trinajstić information content (AvgIpc) is 4.02. The van der Waals surface area contributed by atoms with Crippen molar-refractivity contribution in [1.29, 1.82) is 0 Å². The summed E-state index contributed by atoms with van der Waals surface area (Å²) in [7, 11) is 3.25. The van der Waals surface area contributed by atoms with Gasteiger partial charge in [0, 0.05) is 26.3 Å². The Morgan fingerprint density at radius 1 is 0.885 bits per heavy atom. The topological polar surface area (TPSA) is 154 Å². The van der Waals surface area contributed by atoms with Gasteiger partial charge in [-0.3, -0.25) is 14.9 Å². The quantitative estimate of drug-likeness (QED) is 0.113. The highest BCUT2D eigenvalue weighted by atomic mass is 16.4. The normalized spacial score (nSPS) is 18.9. The lowest BCUT2D eigenvalue weighted by molar-refractivity contribution is -0.136. The van der Waals surface area contributed by atoms with Gasteiger partial charge in [-0.15, -0.1) is 0 Å². The molecule has 6 N–H and O–H groups in total. The van der Waals surface area contributed by atoms with Crippen molar-refractivity contribution in [3.05, 3.63) is 121 Å². The van der Waals surface area contributed by atoms with E-state index in [0.29, 0.717) is 13.0 Å². The predicted octanol–water partition coefficient (Wildman–Crippen LogP) is 6.20. The van der Waals surface area contributed by atoms with E-state index >= 15 is 0 Å². The van der Waals surface area contributed by atoms with Crippen LogP contribution in [0.15, 0.2) is 103 Å². The van der Waals surface area contributed by atoms with Gasteiger partial charge in [-0.1, -0.05) is 78.9 Å². The summed E-state index contributed by atoms with van der Waals surface area (Å²) in [5, 5.41) is 8.38. The molecule has 11 heteroatoms. The fourth-order valence-electron chi connectivity index (χ4n) is 7.26. The predicted molar refractivity (Wildman–Crippen MR) is 203 cm³/mol. The molecule has 0 radical (unpaired) electrons. The maximum absolute atomic E-state index is 13.6. The van der Waals surface area contributed by atoms with E-state index in [2.05, 4.69) is 91.0 Å². The van der Waals surface area contributed by atoms with Gasteiger partial charge in [-0.05, 0) is 77.4 Å². The molecule has 2 saturated heterocycles. The summed E-state index contributed by atoms with van der Waals surface area (Å²) in [6.45, 7) is 1.52. The number of imidazole rings is 2. The molecule has 3 unspecified atom stereocenters. The Bertz CT molecular complexity index is 2140. The fraction of sp³-hybridized carbons (Fsp3) is 0.268. The molecule has 52 heavy (non-hydrogen) atoms. The molecule has 266 valence electrons. The standard InChI is InChI=1S/C39H38N8O2.C2H6O/c40-39(17-5-18-44-39)38-42-23-33(46-38)31-16-15-29-20-28(13-14-30(29)21-31)25-9-11-26(12-10-25)32-22-41-36(45-32)34-8-4-19-47(34)37(49)35(43-24-48)27-6-2-1-3-7-27;1-3-2/h1-3,6-7,9-16,20-24,34-35,44H,4-5,8,17-19,40H2,(H,41,45)(H,42,46)(H,43,48);1-2H3. The molecular weight excluding hydrogens is 653 g/mol. The third-order valence-corrected chi connectivity index (χ3v) is 9.93. The lowest BCUT2D eigenvalue weighted by atomic mass is 9.98. The second-order valence-electron chi connectivity index (χ2n) is 13.4. The van der Waals surface area contributed by atoms with Gasteiger partial charge in [0.1, 0.15) is 23.4 Å². The molecule has 0 aliphatic carbocycles. The zero-order valence-corrected chi connectivity index (χ0v) is 29.4. The zero-order valence-electron chi connectivity index (χ0n) is 29.4. The Kier molecular flexibility index (Phi) is 10.3. The van der Waals surface area contributed by atoms with Gasteiger partial charge >= 0.3 is 0 Å². The first kappa shape index (κ1) is 34.8. The van der Waals surface area contributed by atoms with Crippen molar-refractivity contribution < 1.29 is 14.3 Å². The summed E-state index contributed by atoms with van der Waals surface area (Å²) >= 11 is 0. The third-order valence-electron chi connectivity index (χ3n) is 9.93. The summed E-state index contributed by atoms with van der Waals surface area (Å²) in [6.07, 6.45) is 7.86. The summed E-state index contributed by atoms with van der Waals surface area (Å²) in [5.74, 6) is 1.40. The Balaban J connectivity index is 0.00000136. The molecular formula is C41H44N8O3. The van der Waals surface area contributed by atoms with Crippen molar-refractivity contribution in [3.8, 4) is 33.6 Å². The number of hydrogen-bond acceptors (Lipinski definition) is 7. The number of aromatic nitrogens is 4. The number of carbonyl (C=O) groups is 2. The van der Waals surface area contributed by atoms with Crippen molar-refractivity contribution in [2.45, 2.75) is 43.4 Å². The average molecular weight is 697 g/mol. The number of nitrogens with one attached hydrogen (secondary N) is 4. The SMILES string of the molecule is COC.NC1(c2ncc(-c3ccc4cc(-c5ccc(-c6cnc(C7CCCN7C(=O)C(NC=O)c7ccccc7)[nH]6)cc5)ccc4c3)[nH]2)CCCN1. The maximum Gasteiger partial charge on any atom is 0.250 e. The van der Waals surface area contributed by atoms with Gasteiger partial charge < -0.3 is 30.7 Å². The van der Waals surface area contributed by atoms with Gasteiger partial charge in [0.05, 0.1) is 29.8 Å². The molecule has 0 bridgehead atoms. The lowest BCUT2D eigenvalue weighted by Gasteiger charge is -2.28. The van der Waals surface area contributed by atoms with Gasteiger partial charge in [0.2, 0.25) is 12.3 Å². The lowest BCUT2D eigenvalue weighted by Crippen LogP contribution is -2.46. The summed E-state index contributed by atoms with van der Waals surface area (Å²) < 4.78 is 4.25. The second-order valence-corrected chi connectivity index (χ2v) is 13.4. The number of H-pyrrole nitrogens is 2. The Morgan fingerprint density at radius 2 is 1.54 bits per heavy atom. The molecule has 0 saturated carbocycles. The molecule has 4 heterocycles. The van der Waals surface area contributed by atoms with Crippen molar-refractivity contribution in [3.63, 3.8) is 0 Å². The van der Waals surface area contributed by atoms with Crippen LogP contribution in [0.3, 0.4) is 0 Å². The molecule has 2 aliphatic rings. The number of nitrogens with zero attached hydrogens (tertiary/aromatic N) is 3. The maximum atomic E-state index is 13.6. The number of benzene rings is 4. The van der Waals surface area contributed by atoms with Crippen LogP contribution in [0.25, 0.3) is 44.4 Å². The van der Waals surface area contributed by atoms with Crippen LogP contribution in [-0.4, -0.2) is 64.5 Å². The summed E-state index contributed by atoms with van der Waals surface area (Å²) in [6, 6.07) is 29.8. The fourth-order valence-corrected chi connectivity index (χ4v) is 7.26. The van der Waals surface area contributed by atoms with Gasteiger partial charge in [-0.25, -0.2) is 9.97 Å². The van der Waals surface area contributed by atoms with Gasteiger partial charge in [0.25, 0.3) is 0 Å². The first-order valence-corrected chi connectivity index (χ1v) is 17.7. The van der Waals surface area contributed by atoms with Crippen molar-refractivity contribution in [1.82, 2.24) is 35.5 Å². The Labute approximate surface area is 303 Å². The number of aromatic amines is 2. The number of methoxy groups -OCH3 is 1. The van der Waals surface area contributed by atoms with E-state index in [1.165, 1.54) is 0 Å². The van der Waals surface area contributed by atoms with E-state index in [4.69, 9.17) is 10.7 Å². The van der Waals surface area contributed by atoms with Gasteiger partial charge in [-0.2, -0.15) is 0 Å². The van der Waals surface area contributed by atoms with E-state index in [9.17, 15) is 9.59 Å². The minimum Gasteiger partial charge on any atom is -0.388 e. The molecule has 4 aromatic carbocycles. The molecule has 0 spiro atoms. The van der Waals surface area contributed by atoms with E-state index < -0.39 is 11.7 Å². The monoisotopic (exact) mass is 696 g/mol. The highest BCUT2D eigenvalue weighted by molar-refractivity contribution is 5.90. The van der Waals surface area contributed by atoms with E-state index in [1.807, 2.05) is 47.6 Å². The first-order valence-electron chi connectivity index (χ1n) is 17.7. The number of hydrogen-bond donors (Lipinski definition) is 5. The highest BCUT2D eigenvalue weighted by Gasteiger charge is 2.36. The van der Waals surface area contributed by atoms with Crippen molar-refractivity contribution in [2.24, 2.45) is 5.73 Å². The second kappa shape index (κ2) is 15.3. The molecule has 6 aromatic rings. The summed E-state index contributed by atoms with van der Waals surface area (Å²) in [5.41, 5.74) is 12.9. The van der Waals surface area contributed by atoms with Crippen LogP contribution in [0.1, 0.15) is 55.0 Å². The van der Waals surface area contributed by atoms with Crippen LogP contribution < -0.4 is 16.4 Å². The molecule has 2 aliphatic heterocycles. The van der Waals surface area contributed by atoms with Crippen LogP contribution in [0.5, 0.6) is 0 Å². The van der Waals surface area contributed by atoms with Gasteiger partial charge in [0.15, 0.2) is 0 Å². The zero-order chi connectivity index (χ0) is 36.1. The number of fused-ring (bicyclic) bond motifs is 1. The highest BCUT2D eigenvalue weighted by Crippen LogP contribution is 2.35. The largest absolute Gasteiger partial charge is 0.388 e. The Hall–Kier alpha value is -5.62. The van der Waals surface area contributed by atoms with Crippen LogP contribution in [0, 0.1) is 0 Å². The number of nitrogens with two attached hydrogens (primary N) is 1. The minimum absolute atomic E-state index is 0.133. The Morgan fingerprint density at radius 3 is 2.25 bits per heavy atom. The third kappa shape index (κ3) is 7.11. The van der Waals surface area contributed by atoms with Crippen LogP contribution >= 0.6 is 0 Å². The molecule has 11 nitrogen and oxygen atoms in total. The first-order chi connectivity index (χ1) is 25.4. The van der Waals surface area contributed by atoms with Crippen LogP contribution in [0.2, 0.25) is 0 Å². The van der Waals surface area contributed by atoms with E-state index in [0.717, 1.165) is 93.9 Å². The molecule has 3 atom stereocenters.